The summed E-state index contributed by atoms with van der Waals surface area (Å²) in [5.74, 6) is 6.79. The highest BCUT2D eigenvalue weighted by atomic mass is 14.2. The van der Waals surface area contributed by atoms with Crippen molar-refractivity contribution < 1.29 is 0 Å². The number of aryl methyl sites for hydroxylation is 2. The quantitative estimate of drug-likeness (QED) is 0.436. The molecule has 0 saturated carbocycles. The van der Waals surface area contributed by atoms with Crippen LogP contribution in [-0.4, -0.2) is 0 Å². The third kappa shape index (κ3) is 3.22. The van der Waals surface area contributed by atoms with Crippen LogP contribution in [0.3, 0.4) is 0 Å². The van der Waals surface area contributed by atoms with E-state index >= 15 is 0 Å². The van der Waals surface area contributed by atoms with E-state index in [1.165, 1.54) is 27.5 Å². The molecule has 3 rings (SSSR count). The maximum atomic E-state index is 3.40. The Labute approximate surface area is 145 Å². The Kier molecular flexibility index (Phi) is 4.20. The number of fused-ring (bicyclic) bond motifs is 1. The Morgan fingerprint density at radius 1 is 0.750 bits per heavy atom. The molecule has 0 nitrogen and oxygen atoms in total. The highest BCUT2D eigenvalue weighted by Crippen LogP contribution is 2.31. The topological polar surface area (TPSA) is 0 Å². The molecular weight excluding hydrogens is 288 g/mol. The van der Waals surface area contributed by atoms with Gasteiger partial charge >= 0.3 is 0 Å². The molecule has 0 heteroatoms. The first-order chi connectivity index (χ1) is 11.4. The van der Waals surface area contributed by atoms with Crippen molar-refractivity contribution in [3.8, 4) is 11.8 Å². The SMILES string of the molecule is Cc1cccc(C)c1C#Cc1cc(C(C)(C)C)c2ccccc2c1. The molecule has 0 aliphatic carbocycles. The molecule has 0 aromatic heterocycles. The molecule has 0 bridgehead atoms. The van der Waals surface area contributed by atoms with Gasteiger partial charge in [-0.15, -0.1) is 0 Å². The van der Waals surface area contributed by atoms with Crippen molar-refractivity contribution in [1.29, 1.82) is 0 Å². The van der Waals surface area contributed by atoms with Crippen LogP contribution in [0, 0.1) is 25.7 Å². The van der Waals surface area contributed by atoms with E-state index in [1.54, 1.807) is 0 Å². The van der Waals surface area contributed by atoms with E-state index in [4.69, 9.17) is 0 Å². The first-order valence-electron chi connectivity index (χ1n) is 8.48. The Morgan fingerprint density at radius 3 is 2.08 bits per heavy atom. The largest absolute Gasteiger partial charge is 0.0617 e. The molecule has 24 heavy (non-hydrogen) atoms. The molecule has 0 unspecified atom stereocenters. The third-order valence-corrected chi connectivity index (χ3v) is 4.48. The van der Waals surface area contributed by atoms with E-state index in [0.29, 0.717) is 0 Å². The fraction of sp³-hybridized carbons (Fsp3) is 0.250. The Hall–Kier alpha value is -2.52. The molecule has 0 aliphatic rings. The summed E-state index contributed by atoms with van der Waals surface area (Å²) in [6, 6.07) is 19.4. The lowest BCUT2D eigenvalue weighted by Gasteiger charge is -2.22. The van der Waals surface area contributed by atoms with Crippen LogP contribution in [0.1, 0.15) is 48.6 Å². The number of hydrogen-bond donors (Lipinski definition) is 0. The molecule has 0 amide bonds. The fourth-order valence-corrected chi connectivity index (χ4v) is 3.15. The van der Waals surface area contributed by atoms with Gasteiger partial charge in [-0.1, -0.05) is 75.1 Å². The van der Waals surface area contributed by atoms with Gasteiger partial charge in [-0.3, -0.25) is 0 Å². The summed E-state index contributed by atoms with van der Waals surface area (Å²) in [5.41, 5.74) is 6.14. The molecule has 3 aromatic carbocycles. The molecule has 0 heterocycles. The van der Waals surface area contributed by atoms with E-state index in [0.717, 1.165) is 11.1 Å². The Balaban J connectivity index is 2.17. The minimum absolute atomic E-state index is 0.0931. The lowest BCUT2D eigenvalue weighted by molar-refractivity contribution is 0.596. The molecule has 0 aliphatic heterocycles. The van der Waals surface area contributed by atoms with Crippen molar-refractivity contribution in [1.82, 2.24) is 0 Å². The van der Waals surface area contributed by atoms with Gasteiger partial charge in [-0.05, 0) is 58.9 Å². The molecule has 0 radical (unpaired) electrons. The third-order valence-electron chi connectivity index (χ3n) is 4.48. The normalized spacial score (nSPS) is 11.2. The summed E-state index contributed by atoms with van der Waals surface area (Å²) in [5, 5.41) is 2.58. The second kappa shape index (κ2) is 6.17. The molecular formula is C24H24. The molecule has 120 valence electrons. The zero-order valence-corrected chi connectivity index (χ0v) is 15.2. The van der Waals surface area contributed by atoms with Crippen LogP contribution in [0.15, 0.2) is 54.6 Å². The van der Waals surface area contributed by atoms with Crippen molar-refractivity contribution in [2.75, 3.05) is 0 Å². The summed E-state index contributed by atoms with van der Waals surface area (Å²) in [6.07, 6.45) is 0. The number of benzene rings is 3. The van der Waals surface area contributed by atoms with E-state index in [9.17, 15) is 0 Å². The van der Waals surface area contributed by atoms with Crippen molar-refractivity contribution in [2.45, 2.75) is 40.0 Å². The first kappa shape index (κ1) is 16.3. The smallest absolute Gasteiger partial charge is 0.0307 e. The predicted octanol–water partition coefficient (Wildman–Crippen LogP) is 6.15. The molecule has 0 spiro atoms. The summed E-state index contributed by atoms with van der Waals surface area (Å²) in [7, 11) is 0. The second-order valence-electron chi connectivity index (χ2n) is 7.51. The van der Waals surface area contributed by atoms with E-state index in [-0.39, 0.29) is 5.41 Å². The average molecular weight is 312 g/mol. The van der Waals surface area contributed by atoms with Crippen LogP contribution < -0.4 is 0 Å². The van der Waals surface area contributed by atoms with Gasteiger partial charge in [-0.2, -0.15) is 0 Å². The van der Waals surface area contributed by atoms with Gasteiger partial charge in [0.1, 0.15) is 0 Å². The van der Waals surface area contributed by atoms with Gasteiger partial charge in [0.2, 0.25) is 0 Å². The fourth-order valence-electron chi connectivity index (χ4n) is 3.15. The number of rotatable bonds is 0. The summed E-state index contributed by atoms with van der Waals surface area (Å²) in [4.78, 5) is 0. The number of hydrogen-bond acceptors (Lipinski definition) is 0. The van der Waals surface area contributed by atoms with Crippen molar-refractivity contribution >= 4 is 10.8 Å². The van der Waals surface area contributed by atoms with Gasteiger partial charge < -0.3 is 0 Å². The van der Waals surface area contributed by atoms with Crippen LogP contribution in [0.25, 0.3) is 10.8 Å². The lowest BCUT2D eigenvalue weighted by atomic mass is 9.82. The van der Waals surface area contributed by atoms with Crippen molar-refractivity contribution in [3.05, 3.63) is 82.4 Å². The molecule has 0 N–H and O–H groups in total. The van der Waals surface area contributed by atoms with Crippen LogP contribution in [0.2, 0.25) is 0 Å². The average Bonchev–Trinajstić information content (AvgIpc) is 2.52. The van der Waals surface area contributed by atoms with Crippen LogP contribution in [-0.2, 0) is 5.41 Å². The van der Waals surface area contributed by atoms with E-state index < -0.39 is 0 Å². The first-order valence-corrected chi connectivity index (χ1v) is 8.48. The van der Waals surface area contributed by atoms with E-state index in [1.807, 2.05) is 0 Å². The van der Waals surface area contributed by atoms with Gasteiger partial charge in [0.25, 0.3) is 0 Å². The minimum Gasteiger partial charge on any atom is -0.0617 e. The van der Waals surface area contributed by atoms with Gasteiger partial charge in [0.05, 0.1) is 0 Å². The highest BCUT2D eigenvalue weighted by Gasteiger charge is 2.17. The van der Waals surface area contributed by atoms with Crippen molar-refractivity contribution in [3.63, 3.8) is 0 Å². The highest BCUT2D eigenvalue weighted by molar-refractivity contribution is 5.88. The standard InChI is InChI=1S/C24H24/c1-17-9-8-10-18(2)21(17)14-13-19-15-20-11-6-7-12-22(20)23(16-19)24(3,4)5/h6-12,15-16H,1-5H3. The van der Waals surface area contributed by atoms with Gasteiger partial charge in [0.15, 0.2) is 0 Å². The molecule has 0 fully saturated rings. The van der Waals surface area contributed by atoms with Gasteiger partial charge in [-0.25, -0.2) is 0 Å². The lowest BCUT2D eigenvalue weighted by Crippen LogP contribution is -2.12. The maximum absolute atomic E-state index is 3.40. The zero-order chi connectivity index (χ0) is 17.3. The molecule has 0 atom stereocenters. The Bertz CT molecular complexity index is 936. The van der Waals surface area contributed by atoms with Gasteiger partial charge in [0, 0.05) is 11.1 Å². The summed E-state index contributed by atoms with van der Waals surface area (Å²) < 4.78 is 0. The van der Waals surface area contributed by atoms with Crippen LogP contribution in [0.5, 0.6) is 0 Å². The van der Waals surface area contributed by atoms with E-state index in [2.05, 4.69) is 101 Å². The summed E-state index contributed by atoms with van der Waals surface area (Å²) >= 11 is 0. The van der Waals surface area contributed by atoms with Crippen molar-refractivity contribution in [2.24, 2.45) is 0 Å². The minimum atomic E-state index is 0.0931. The second-order valence-corrected chi connectivity index (χ2v) is 7.51. The van der Waals surface area contributed by atoms with Crippen LogP contribution in [0.4, 0.5) is 0 Å². The van der Waals surface area contributed by atoms with Crippen LogP contribution >= 0.6 is 0 Å². The molecule has 3 aromatic rings. The Morgan fingerprint density at radius 2 is 1.42 bits per heavy atom. The molecule has 0 saturated heterocycles. The predicted molar refractivity (Wildman–Crippen MR) is 105 cm³/mol. The maximum Gasteiger partial charge on any atom is 0.0307 e. The zero-order valence-electron chi connectivity index (χ0n) is 15.2. The monoisotopic (exact) mass is 312 g/mol. The summed E-state index contributed by atoms with van der Waals surface area (Å²) in [6.45, 7) is 11.0.